The smallest absolute Gasteiger partial charge is 0.316 e. The lowest BCUT2D eigenvalue weighted by Crippen LogP contribution is -2.20. The Morgan fingerprint density at radius 3 is 2.94 bits per heavy atom. The zero-order valence-corrected chi connectivity index (χ0v) is 9.08. The molecule has 2 amide bonds. The standard InChI is InChI=1S/C9H9ClFN3O2/c1-16-13-4-5-2-8(14-9(12)15)7(11)3-6(5)10/h2-4H,1H3,(H3,12,14,15). The van der Waals surface area contributed by atoms with Crippen LogP contribution >= 0.6 is 11.6 Å². The zero-order chi connectivity index (χ0) is 12.1. The van der Waals surface area contributed by atoms with Crippen molar-refractivity contribution in [3.05, 3.63) is 28.5 Å². The Hall–Kier alpha value is -1.82. The van der Waals surface area contributed by atoms with Crippen molar-refractivity contribution in [1.29, 1.82) is 0 Å². The van der Waals surface area contributed by atoms with Gasteiger partial charge in [-0.15, -0.1) is 0 Å². The lowest BCUT2D eigenvalue weighted by Gasteiger charge is -2.06. The number of amides is 2. The van der Waals surface area contributed by atoms with E-state index in [1.165, 1.54) is 19.4 Å². The molecule has 0 radical (unpaired) electrons. The number of hydrogen-bond acceptors (Lipinski definition) is 3. The lowest BCUT2D eigenvalue weighted by molar-refractivity contribution is 0.215. The number of halogens is 2. The maximum atomic E-state index is 13.3. The van der Waals surface area contributed by atoms with Crippen LogP contribution in [0.4, 0.5) is 14.9 Å². The van der Waals surface area contributed by atoms with Crippen molar-refractivity contribution in [2.45, 2.75) is 0 Å². The first-order valence-corrected chi connectivity index (χ1v) is 4.54. The van der Waals surface area contributed by atoms with E-state index in [1.54, 1.807) is 0 Å². The molecule has 0 atom stereocenters. The number of nitrogens with two attached hydrogens (primary N) is 1. The van der Waals surface area contributed by atoms with Gasteiger partial charge >= 0.3 is 6.03 Å². The highest BCUT2D eigenvalue weighted by Gasteiger charge is 2.08. The number of carbonyl (C=O) groups excluding carboxylic acids is 1. The van der Waals surface area contributed by atoms with Crippen LogP contribution in [0.3, 0.4) is 0 Å². The van der Waals surface area contributed by atoms with Gasteiger partial charge in [0.1, 0.15) is 12.9 Å². The molecule has 0 fully saturated rings. The highest BCUT2D eigenvalue weighted by Crippen LogP contribution is 2.23. The first kappa shape index (κ1) is 12.3. The number of hydrogen-bond donors (Lipinski definition) is 2. The largest absolute Gasteiger partial charge is 0.399 e. The van der Waals surface area contributed by atoms with Gasteiger partial charge < -0.3 is 15.9 Å². The van der Waals surface area contributed by atoms with Crippen LogP contribution in [-0.4, -0.2) is 19.4 Å². The Morgan fingerprint density at radius 2 is 2.38 bits per heavy atom. The van der Waals surface area contributed by atoms with Gasteiger partial charge in [0, 0.05) is 5.56 Å². The van der Waals surface area contributed by atoms with Gasteiger partial charge in [0.05, 0.1) is 16.9 Å². The van der Waals surface area contributed by atoms with E-state index >= 15 is 0 Å². The number of oxime groups is 1. The average Bonchev–Trinajstić information content (AvgIpc) is 2.20. The molecule has 1 aromatic carbocycles. The molecule has 0 unspecified atom stereocenters. The molecule has 5 nitrogen and oxygen atoms in total. The number of urea groups is 1. The Kier molecular flexibility index (Phi) is 4.07. The van der Waals surface area contributed by atoms with Crippen LogP contribution in [-0.2, 0) is 4.84 Å². The summed E-state index contributed by atoms with van der Waals surface area (Å²) in [4.78, 5) is 15.0. The minimum absolute atomic E-state index is 0.0746. The van der Waals surface area contributed by atoms with Crippen molar-refractivity contribution >= 4 is 29.5 Å². The topological polar surface area (TPSA) is 76.7 Å². The van der Waals surface area contributed by atoms with Crippen LogP contribution in [0.15, 0.2) is 17.3 Å². The van der Waals surface area contributed by atoms with Crippen LogP contribution < -0.4 is 11.1 Å². The van der Waals surface area contributed by atoms with Gasteiger partial charge in [0.25, 0.3) is 0 Å². The highest BCUT2D eigenvalue weighted by molar-refractivity contribution is 6.33. The molecule has 1 rings (SSSR count). The van der Waals surface area contributed by atoms with Gasteiger partial charge in [-0.2, -0.15) is 0 Å². The summed E-state index contributed by atoms with van der Waals surface area (Å²) in [5.41, 5.74) is 5.20. The highest BCUT2D eigenvalue weighted by atomic mass is 35.5. The molecule has 0 saturated carbocycles. The number of rotatable bonds is 3. The third kappa shape index (κ3) is 3.09. The Morgan fingerprint density at radius 1 is 1.69 bits per heavy atom. The monoisotopic (exact) mass is 245 g/mol. The predicted octanol–water partition coefficient (Wildman–Crippen LogP) is 1.95. The molecule has 0 aliphatic heterocycles. The Labute approximate surface area is 96.0 Å². The number of anilines is 1. The third-order valence-electron chi connectivity index (χ3n) is 1.64. The summed E-state index contributed by atoms with van der Waals surface area (Å²) in [5.74, 6) is -0.682. The summed E-state index contributed by atoms with van der Waals surface area (Å²) in [6.45, 7) is 0. The summed E-state index contributed by atoms with van der Waals surface area (Å²) in [6.07, 6.45) is 1.29. The number of primary amides is 1. The summed E-state index contributed by atoms with van der Waals surface area (Å²) in [6, 6.07) is 1.48. The summed E-state index contributed by atoms with van der Waals surface area (Å²) in [5, 5.41) is 5.74. The first-order chi connectivity index (χ1) is 7.54. The predicted molar refractivity (Wildman–Crippen MR) is 59.2 cm³/mol. The Balaban J connectivity index is 3.10. The zero-order valence-electron chi connectivity index (χ0n) is 8.33. The molecular formula is C9H9ClFN3O2. The fourth-order valence-electron chi connectivity index (χ4n) is 1.00. The number of nitrogens with zero attached hydrogens (tertiary/aromatic N) is 1. The van der Waals surface area contributed by atoms with Crippen LogP contribution in [0.5, 0.6) is 0 Å². The molecular weight excluding hydrogens is 237 g/mol. The fraction of sp³-hybridized carbons (Fsp3) is 0.111. The summed E-state index contributed by atoms with van der Waals surface area (Å²) >= 11 is 5.74. The molecule has 0 aromatic heterocycles. The summed E-state index contributed by atoms with van der Waals surface area (Å²) < 4.78 is 13.3. The third-order valence-corrected chi connectivity index (χ3v) is 1.97. The second-order valence-electron chi connectivity index (χ2n) is 2.76. The van der Waals surface area contributed by atoms with E-state index in [1.807, 2.05) is 0 Å². The molecule has 3 N–H and O–H groups in total. The van der Waals surface area contributed by atoms with Gasteiger partial charge in [-0.25, -0.2) is 9.18 Å². The van der Waals surface area contributed by atoms with Crippen LogP contribution in [0.1, 0.15) is 5.56 Å². The van der Waals surface area contributed by atoms with E-state index in [-0.39, 0.29) is 10.7 Å². The molecule has 0 heterocycles. The molecule has 86 valence electrons. The minimum atomic E-state index is -0.865. The molecule has 0 aliphatic rings. The summed E-state index contributed by atoms with van der Waals surface area (Å²) in [7, 11) is 1.36. The van der Waals surface area contributed by atoms with Gasteiger partial charge in [-0.3, -0.25) is 0 Å². The number of nitrogens with one attached hydrogen (secondary N) is 1. The van der Waals surface area contributed by atoms with Crippen molar-refractivity contribution in [3.8, 4) is 0 Å². The van der Waals surface area contributed by atoms with E-state index in [0.717, 1.165) is 6.07 Å². The van der Waals surface area contributed by atoms with Crippen molar-refractivity contribution in [1.82, 2.24) is 0 Å². The van der Waals surface area contributed by atoms with Crippen molar-refractivity contribution < 1.29 is 14.0 Å². The SMILES string of the molecule is CON=Cc1cc(NC(N)=O)c(F)cc1Cl. The van der Waals surface area contributed by atoms with Crippen molar-refractivity contribution in [2.75, 3.05) is 12.4 Å². The lowest BCUT2D eigenvalue weighted by atomic mass is 10.2. The Bertz CT molecular complexity index is 437. The van der Waals surface area contributed by atoms with Crippen LogP contribution in [0, 0.1) is 5.82 Å². The van der Waals surface area contributed by atoms with Gasteiger partial charge in [0.2, 0.25) is 0 Å². The molecule has 1 aromatic rings. The molecule has 0 aliphatic carbocycles. The van der Waals surface area contributed by atoms with Gasteiger partial charge in [0.15, 0.2) is 0 Å². The molecule has 7 heteroatoms. The van der Waals surface area contributed by atoms with Crippen LogP contribution in [0.25, 0.3) is 0 Å². The number of carbonyl (C=O) groups is 1. The van der Waals surface area contributed by atoms with Crippen molar-refractivity contribution in [3.63, 3.8) is 0 Å². The van der Waals surface area contributed by atoms with Crippen molar-refractivity contribution in [2.24, 2.45) is 10.9 Å². The quantitative estimate of drug-likeness (QED) is 0.631. The fourth-order valence-corrected chi connectivity index (χ4v) is 1.20. The van der Waals surface area contributed by atoms with E-state index in [9.17, 15) is 9.18 Å². The first-order valence-electron chi connectivity index (χ1n) is 4.16. The molecule has 16 heavy (non-hydrogen) atoms. The van der Waals surface area contributed by atoms with Crippen LogP contribution in [0.2, 0.25) is 5.02 Å². The maximum Gasteiger partial charge on any atom is 0.316 e. The molecule has 0 bridgehead atoms. The second kappa shape index (κ2) is 5.32. The van der Waals surface area contributed by atoms with E-state index < -0.39 is 11.8 Å². The van der Waals surface area contributed by atoms with E-state index in [4.69, 9.17) is 17.3 Å². The number of benzene rings is 1. The van der Waals surface area contributed by atoms with E-state index in [0.29, 0.717) is 5.56 Å². The average molecular weight is 246 g/mol. The van der Waals surface area contributed by atoms with Gasteiger partial charge in [-0.05, 0) is 12.1 Å². The van der Waals surface area contributed by atoms with Gasteiger partial charge in [-0.1, -0.05) is 16.8 Å². The molecule has 0 spiro atoms. The molecule has 0 saturated heterocycles. The maximum absolute atomic E-state index is 13.3. The second-order valence-corrected chi connectivity index (χ2v) is 3.17. The normalized spacial score (nSPS) is 10.4. The minimum Gasteiger partial charge on any atom is -0.399 e. The van der Waals surface area contributed by atoms with E-state index in [2.05, 4.69) is 15.3 Å².